The van der Waals surface area contributed by atoms with E-state index in [1.54, 1.807) is 0 Å². The van der Waals surface area contributed by atoms with Crippen LogP contribution in [0, 0.1) is 0 Å². The standard InChI is InChI=1S/C11H7F3INO/c12-11(13,14)9-4-2-1-3-8(9)10-16-7(5-15)6-17-10/h1-4,6H,5H2. The van der Waals surface area contributed by atoms with Gasteiger partial charge in [-0.25, -0.2) is 4.98 Å². The van der Waals surface area contributed by atoms with Crippen molar-refractivity contribution in [1.29, 1.82) is 0 Å². The SMILES string of the molecule is FC(F)(F)c1ccccc1-c1nc(CI)co1. The van der Waals surface area contributed by atoms with E-state index in [9.17, 15) is 13.2 Å². The fraction of sp³-hybridized carbons (Fsp3) is 0.182. The van der Waals surface area contributed by atoms with Gasteiger partial charge in [-0.2, -0.15) is 13.2 Å². The number of hydrogen-bond donors (Lipinski definition) is 0. The molecule has 2 nitrogen and oxygen atoms in total. The van der Waals surface area contributed by atoms with Crippen LogP contribution in [0.2, 0.25) is 0 Å². The third kappa shape index (κ3) is 2.62. The highest BCUT2D eigenvalue weighted by molar-refractivity contribution is 14.1. The fourth-order valence-electron chi connectivity index (χ4n) is 1.41. The lowest BCUT2D eigenvalue weighted by Gasteiger charge is -2.09. The van der Waals surface area contributed by atoms with Crippen molar-refractivity contribution >= 4 is 22.6 Å². The summed E-state index contributed by atoms with van der Waals surface area (Å²) in [6, 6.07) is 5.24. The maximum Gasteiger partial charge on any atom is 0.417 e. The predicted molar refractivity (Wildman–Crippen MR) is 64.7 cm³/mol. The highest BCUT2D eigenvalue weighted by Crippen LogP contribution is 2.36. The van der Waals surface area contributed by atoms with Crippen molar-refractivity contribution in [3.63, 3.8) is 0 Å². The Balaban J connectivity index is 2.52. The van der Waals surface area contributed by atoms with E-state index >= 15 is 0 Å². The van der Waals surface area contributed by atoms with E-state index in [1.165, 1.54) is 24.5 Å². The van der Waals surface area contributed by atoms with E-state index in [4.69, 9.17) is 4.42 Å². The van der Waals surface area contributed by atoms with Gasteiger partial charge in [-0.1, -0.05) is 34.7 Å². The van der Waals surface area contributed by atoms with Crippen molar-refractivity contribution in [2.45, 2.75) is 10.6 Å². The fourth-order valence-corrected chi connectivity index (χ4v) is 1.76. The molecule has 0 N–H and O–H groups in total. The van der Waals surface area contributed by atoms with Gasteiger partial charge in [0.1, 0.15) is 6.26 Å². The molecule has 1 aromatic carbocycles. The average Bonchev–Trinajstić information content (AvgIpc) is 2.76. The smallest absolute Gasteiger partial charge is 0.417 e. The van der Waals surface area contributed by atoms with Crippen LogP contribution >= 0.6 is 22.6 Å². The lowest BCUT2D eigenvalue weighted by molar-refractivity contribution is -0.137. The highest BCUT2D eigenvalue weighted by Gasteiger charge is 2.34. The van der Waals surface area contributed by atoms with Gasteiger partial charge in [0.25, 0.3) is 0 Å². The minimum Gasteiger partial charge on any atom is -0.444 e. The first kappa shape index (κ1) is 12.4. The molecular weight excluding hydrogens is 346 g/mol. The van der Waals surface area contributed by atoms with E-state index in [1.807, 2.05) is 0 Å². The summed E-state index contributed by atoms with van der Waals surface area (Å²) in [5.74, 6) is 0.00425. The second-order valence-electron chi connectivity index (χ2n) is 3.32. The normalized spacial score (nSPS) is 11.8. The molecule has 0 aliphatic carbocycles. The van der Waals surface area contributed by atoms with Gasteiger partial charge >= 0.3 is 6.18 Å². The Morgan fingerprint density at radius 3 is 2.53 bits per heavy atom. The van der Waals surface area contributed by atoms with Crippen LogP contribution < -0.4 is 0 Å². The van der Waals surface area contributed by atoms with E-state index in [-0.39, 0.29) is 11.5 Å². The summed E-state index contributed by atoms with van der Waals surface area (Å²) in [7, 11) is 0. The van der Waals surface area contributed by atoms with Gasteiger partial charge in [0, 0.05) is 9.99 Å². The molecule has 0 atom stereocenters. The monoisotopic (exact) mass is 353 g/mol. The van der Waals surface area contributed by atoms with Crippen molar-refractivity contribution < 1.29 is 17.6 Å². The number of alkyl halides is 4. The van der Waals surface area contributed by atoms with Crippen LogP contribution in [0.25, 0.3) is 11.5 Å². The number of rotatable bonds is 2. The van der Waals surface area contributed by atoms with E-state index < -0.39 is 11.7 Å². The molecule has 0 saturated heterocycles. The zero-order valence-corrected chi connectivity index (χ0v) is 10.6. The second kappa shape index (κ2) is 4.67. The number of hydrogen-bond acceptors (Lipinski definition) is 2. The number of benzene rings is 1. The van der Waals surface area contributed by atoms with Crippen molar-refractivity contribution in [3.8, 4) is 11.5 Å². The molecule has 1 aromatic heterocycles. The van der Waals surface area contributed by atoms with Crippen LogP contribution in [0.5, 0.6) is 0 Å². The van der Waals surface area contributed by atoms with Gasteiger partial charge in [0.05, 0.1) is 11.3 Å². The third-order valence-corrected chi connectivity index (χ3v) is 2.93. The molecule has 0 saturated carbocycles. The molecule has 0 spiro atoms. The van der Waals surface area contributed by atoms with Crippen LogP contribution in [0.15, 0.2) is 34.9 Å². The minimum absolute atomic E-state index is 0.00425. The van der Waals surface area contributed by atoms with Gasteiger partial charge in [-0.15, -0.1) is 0 Å². The predicted octanol–water partition coefficient (Wildman–Crippen LogP) is 4.30. The Morgan fingerprint density at radius 1 is 1.24 bits per heavy atom. The van der Waals surface area contributed by atoms with Crippen LogP contribution in [-0.4, -0.2) is 4.98 Å². The number of oxazole rings is 1. The molecule has 90 valence electrons. The summed E-state index contributed by atoms with van der Waals surface area (Å²) in [6.07, 6.45) is -3.04. The maximum absolute atomic E-state index is 12.8. The summed E-state index contributed by atoms with van der Waals surface area (Å²) in [4.78, 5) is 4.00. The second-order valence-corrected chi connectivity index (χ2v) is 4.08. The Hall–Kier alpha value is -1.05. The van der Waals surface area contributed by atoms with E-state index in [2.05, 4.69) is 27.6 Å². The summed E-state index contributed by atoms with van der Waals surface area (Å²) in [6.45, 7) is 0. The molecule has 0 amide bonds. The zero-order valence-electron chi connectivity index (χ0n) is 8.46. The highest BCUT2D eigenvalue weighted by atomic mass is 127. The van der Waals surface area contributed by atoms with Gasteiger partial charge in [0.15, 0.2) is 0 Å². The van der Waals surface area contributed by atoms with Crippen molar-refractivity contribution in [2.24, 2.45) is 0 Å². The Morgan fingerprint density at radius 2 is 1.94 bits per heavy atom. The summed E-state index contributed by atoms with van der Waals surface area (Å²) in [5.41, 5.74) is -0.143. The van der Waals surface area contributed by atoms with Crippen LogP contribution in [0.1, 0.15) is 11.3 Å². The first-order chi connectivity index (χ1) is 8.02. The first-order valence-corrected chi connectivity index (χ1v) is 6.22. The molecule has 1 heterocycles. The minimum atomic E-state index is -4.41. The third-order valence-electron chi connectivity index (χ3n) is 2.15. The largest absolute Gasteiger partial charge is 0.444 e. The number of nitrogens with zero attached hydrogens (tertiary/aromatic N) is 1. The Kier molecular flexibility index (Phi) is 3.41. The van der Waals surface area contributed by atoms with Crippen LogP contribution in [-0.2, 0) is 10.6 Å². The van der Waals surface area contributed by atoms with Crippen LogP contribution in [0.4, 0.5) is 13.2 Å². The molecule has 2 rings (SSSR count). The van der Waals surface area contributed by atoms with Gasteiger partial charge in [-0.3, -0.25) is 0 Å². The number of halogens is 4. The lowest BCUT2D eigenvalue weighted by atomic mass is 10.1. The van der Waals surface area contributed by atoms with Gasteiger partial charge < -0.3 is 4.42 Å². The van der Waals surface area contributed by atoms with E-state index in [0.717, 1.165) is 6.07 Å². The molecule has 6 heteroatoms. The number of aromatic nitrogens is 1. The average molecular weight is 353 g/mol. The molecule has 0 bridgehead atoms. The van der Waals surface area contributed by atoms with Crippen LogP contribution in [0.3, 0.4) is 0 Å². The van der Waals surface area contributed by atoms with Crippen molar-refractivity contribution in [2.75, 3.05) is 0 Å². The molecule has 0 aliphatic rings. The summed E-state index contributed by atoms with van der Waals surface area (Å²) in [5, 5.41) is 0. The molecule has 0 aliphatic heterocycles. The molecule has 2 aromatic rings. The lowest BCUT2D eigenvalue weighted by Crippen LogP contribution is -2.06. The Bertz CT molecular complexity index is 521. The van der Waals surface area contributed by atoms with Crippen molar-refractivity contribution in [3.05, 3.63) is 41.8 Å². The van der Waals surface area contributed by atoms with Gasteiger partial charge in [-0.05, 0) is 12.1 Å². The molecule has 0 radical (unpaired) electrons. The molecule has 0 unspecified atom stereocenters. The van der Waals surface area contributed by atoms with E-state index in [0.29, 0.717) is 10.1 Å². The summed E-state index contributed by atoms with van der Waals surface area (Å²) >= 11 is 2.07. The molecule has 0 fully saturated rings. The quantitative estimate of drug-likeness (QED) is 0.595. The van der Waals surface area contributed by atoms with Crippen molar-refractivity contribution in [1.82, 2.24) is 4.98 Å². The zero-order chi connectivity index (χ0) is 12.5. The first-order valence-electron chi connectivity index (χ1n) is 4.69. The van der Waals surface area contributed by atoms with Gasteiger partial charge in [0.2, 0.25) is 5.89 Å². The summed E-state index contributed by atoms with van der Waals surface area (Å²) < 4.78 is 43.9. The topological polar surface area (TPSA) is 26.0 Å². The maximum atomic E-state index is 12.8. The molecular formula is C11H7F3INO. The Labute approximate surface area is 109 Å². The molecule has 17 heavy (non-hydrogen) atoms.